The van der Waals surface area contributed by atoms with Gasteiger partial charge in [-0.3, -0.25) is 4.79 Å². The molecule has 1 aromatic carbocycles. The van der Waals surface area contributed by atoms with Crippen LogP contribution in [0.1, 0.15) is 44.1 Å². The first-order valence-electron chi connectivity index (χ1n) is 7.70. The summed E-state index contributed by atoms with van der Waals surface area (Å²) in [6.45, 7) is 3.03. The molecule has 1 unspecified atom stereocenters. The van der Waals surface area contributed by atoms with Gasteiger partial charge < -0.3 is 11.1 Å². The minimum atomic E-state index is -0.524. The van der Waals surface area contributed by atoms with E-state index in [1.165, 1.54) is 25.7 Å². The smallest absolute Gasteiger partial charge is 0.234 e. The topological polar surface area (TPSA) is 55.1 Å². The van der Waals surface area contributed by atoms with Crippen molar-refractivity contribution in [3.63, 3.8) is 0 Å². The Morgan fingerprint density at radius 2 is 1.90 bits per heavy atom. The fraction of sp³-hybridized carbons (Fsp3) is 0.529. The lowest BCUT2D eigenvalue weighted by Crippen LogP contribution is -2.39. The molecule has 1 amide bonds. The van der Waals surface area contributed by atoms with Crippen molar-refractivity contribution in [1.29, 1.82) is 0 Å². The Bertz CT molecular complexity index is 481. The molecule has 114 valence electrons. The molecule has 4 heteroatoms. The second-order valence-electron chi connectivity index (χ2n) is 6.12. The number of benzene rings is 1. The molecule has 3 nitrogen and oxygen atoms in total. The molecule has 1 atom stereocenters. The van der Waals surface area contributed by atoms with Crippen molar-refractivity contribution in [1.82, 2.24) is 5.32 Å². The Morgan fingerprint density at radius 1 is 1.29 bits per heavy atom. The molecule has 0 heterocycles. The van der Waals surface area contributed by atoms with E-state index in [1.54, 1.807) is 0 Å². The highest BCUT2D eigenvalue weighted by molar-refractivity contribution is 7.80. The molecule has 0 saturated heterocycles. The molecular weight excluding hydrogens is 280 g/mol. The van der Waals surface area contributed by atoms with Gasteiger partial charge in [-0.1, -0.05) is 62.3 Å². The maximum absolute atomic E-state index is 12.4. The lowest BCUT2D eigenvalue weighted by Gasteiger charge is -2.27. The monoisotopic (exact) mass is 304 g/mol. The van der Waals surface area contributed by atoms with Crippen molar-refractivity contribution in [2.24, 2.45) is 17.6 Å². The average Bonchev–Trinajstić information content (AvgIpc) is 2.47. The Balaban J connectivity index is 1.92. The van der Waals surface area contributed by atoms with E-state index in [2.05, 4.69) is 12.2 Å². The molecule has 1 aliphatic rings. The van der Waals surface area contributed by atoms with E-state index in [0.29, 0.717) is 5.92 Å². The number of nitrogens with two attached hydrogens (primary N) is 1. The summed E-state index contributed by atoms with van der Waals surface area (Å²) >= 11 is 5.08. The van der Waals surface area contributed by atoms with Gasteiger partial charge in [0.15, 0.2) is 0 Å². The summed E-state index contributed by atoms with van der Waals surface area (Å²) in [4.78, 5) is 12.6. The quantitative estimate of drug-likeness (QED) is 0.822. The van der Waals surface area contributed by atoms with Gasteiger partial charge in [0, 0.05) is 6.54 Å². The largest absolute Gasteiger partial charge is 0.392 e. The SMILES string of the molecule is CC1CCC(CNC(=O)C(C(N)=S)c2ccccc2)CC1. The molecule has 1 fully saturated rings. The molecule has 0 bridgehead atoms. The van der Waals surface area contributed by atoms with Crippen molar-refractivity contribution in [3.05, 3.63) is 35.9 Å². The van der Waals surface area contributed by atoms with E-state index in [9.17, 15) is 4.79 Å². The number of thiocarbonyl (C=S) groups is 1. The summed E-state index contributed by atoms with van der Waals surface area (Å²) in [7, 11) is 0. The minimum Gasteiger partial charge on any atom is -0.392 e. The molecule has 1 saturated carbocycles. The van der Waals surface area contributed by atoms with Crippen molar-refractivity contribution >= 4 is 23.1 Å². The predicted molar refractivity (Wildman–Crippen MR) is 90.1 cm³/mol. The Kier molecular flexibility index (Phi) is 5.74. The van der Waals surface area contributed by atoms with Crippen LogP contribution in [0.15, 0.2) is 30.3 Å². The van der Waals surface area contributed by atoms with Gasteiger partial charge in [0.05, 0.1) is 4.99 Å². The first kappa shape index (κ1) is 16.0. The molecule has 0 aliphatic heterocycles. The Morgan fingerprint density at radius 3 is 2.48 bits per heavy atom. The van der Waals surface area contributed by atoms with Crippen LogP contribution in [-0.4, -0.2) is 17.4 Å². The molecule has 21 heavy (non-hydrogen) atoms. The summed E-state index contributed by atoms with van der Waals surface area (Å²) in [6, 6.07) is 9.51. The van der Waals surface area contributed by atoms with Crippen molar-refractivity contribution in [3.8, 4) is 0 Å². The van der Waals surface area contributed by atoms with E-state index >= 15 is 0 Å². The second-order valence-corrected chi connectivity index (χ2v) is 6.59. The van der Waals surface area contributed by atoms with Crippen LogP contribution >= 0.6 is 12.2 Å². The van der Waals surface area contributed by atoms with Crippen molar-refractivity contribution in [2.45, 2.75) is 38.5 Å². The van der Waals surface area contributed by atoms with Crippen LogP contribution in [0.2, 0.25) is 0 Å². The zero-order valence-electron chi connectivity index (χ0n) is 12.5. The van der Waals surface area contributed by atoms with Gasteiger partial charge in [-0.25, -0.2) is 0 Å². The lowest BCUT2D eigenvalue weighted by molar-refractivity contribution is -0.121. The number of hydrogen-bond donors (Lipinski definition) is 2. The van der Waals surface area contributed by atoms with E-state index in [4.69, 9.17) is 18.0 Å². The van der Waals surface area contributed by atoms with Gasteiger partial charge in [0.2, 0.25) is 5.91 Å². The van der Waals surface area contributed by atoms with Crippen LogP contribution < -0.4 is 11.1 Å². The third kappa shape index (κ3) is 4.53. The van der Waals surface area contributed by atoms with Gasteiger partial charge in [-0.05, 0) is 30.2 Å². The molecule has 1 aliphatic carbocycles. The zero-order valence-corrected chi connectivity index (χ0v) is 13.4. The third-order valence-electron chi connectivity index (χ3n) is 4.38. The molecule has 0 radical (unpaired) electrons. The minimum absolute atomic E-state index is 0.0766. The maximum Gasteiger partial charge on any atom is 0.234 e. The number of amides is 1. The fourth-order valence-electron chi connectivity index (χ4n) is 2.97. The van der Waals surface area contributed by atoms with Crippen LogP contribution in [0.4, 0.5) is 0 Å². The number of hydrogen-bond acceptors (Lipinski definition) is 2. The average molecular weight is 304 g/mol. The van der Waals surface area contributed by atoms with Crippen molar-refractivity contribution in [2.75, 3.05) is 6.54 Å². The van der Waals surface area contributed by atoms with Crippen LogP contribution in [0.25, 0.3) is 0 Å². The summed E-state index contributed by atoms with van der Waals surface area (Å²) < 4.78 is 0. The Hall–Kier alpha value is -1.42. The van der Waals surface area contributed by atoms with Crippen LogP contribution in [0.5, 0.6) is 0 Å². The normalized spacial score (nSPS) is 23.3. The van der Waals surface area contributed by atoms with Crippen molar-refractivity contribution < 1.29 is 4.79 Å². The number of rotatable bonds is 5. The number of carbonyl (C=O) groups is 1. The first-order chi connectivity index (χ1) is 10.1. The van der Waals surface area contributed by atoms with Gasteiger partial charge in [-0.2, -0.15) is 0 Å². The third-order valence-corrected chi connectivity index (χ3v) is 4.62. The van der Waals surface area contributed by atoms with Gasteiger partial charge >= 0.3 is 0 Å². The number of carbonyl (C=O) groups excluding carboxylic acids is 1. The van der Waals surface area contributed by atoms with Gasteiger partial charge in [0.1, 0.15) is 5.92 Å². The summed E-state index contributed by atoms with van der Waals surface area (Å²) in [6.07, 6.45) is 4.92. The fourth-order valence-corrected chi connectivity index (χ4v) is 3.21. The summed E-state index contributed by atoms with van der Waals surface area (Å²) in [5.41, 5.74) is 6.63. The van der Waals surface area contributed by atoms with E-state index in [1.807, 2.05) is 30.3 Å². The zero-order chi connectivity index (χ0) is 15.2. The van der Waals surface area contributed by atoms with Crippen LogP contribution in [-0.2, 0) is 4.79 Å². The number of nitrogens with one attached hydrogen (secondary N) is 1. The maximum atomic E-state index is 12.4. The molecule has 0 spiro atoms. The first-order valence-corrected chi connectivity index (χ1v) is 8.10. The molecular formula is C17H24N2OS. The van der Waals surface area contributed by atoms with Crippen LogP contribution in [0.3, 0.4) is 0 Å². The van der Waals surface area contributed by atoms with E-state index in [0.717, 1.165) is 18.0 Å². The van der Waals surface area contributed by atoms with E-state index < -0.39 is 5.92 Å². The molecule has 2 rings (SSSR count). The highest BCUT2D eigenvalue weighted by Gasteiger charge is 2.25. The highest BCUT2D eigenvalue weighted by Crippen LogP contribution is 2.27. The summed E-state index contributed by atoms with van der Waals surface area (Å²) in [5, 5.41) is 3.04. The predicted octanol–water partition coefficient (Wildman–Crippen LogP) is 3.00. The highest BCUT2D eigenvalue weighted by atomic mass is 32.1. The van der Waals surface area contributed by atoms with E-state index in [-0.39, 0.29) is 10.9 Å². The second kappa shape index (κ2) is 7.55. The molecule has 3 N–H and O–H groups in total. The Labute approximate surface area is 132 Å². The molecule has 0 aromatic heterocycles. The molecule has 1 aromatic rings. The standard InChI is InChI=1S/C17H24N2OS/c1-12-7-9-13(10-8-12)11-19-17(20)15(16(18)21)14-5-3-2-4-6-14/h2-6,12-13,15H,7-11H2,1H3,(H2,18,21)(H,19,20). The van der Waals surface area contributed by atoms with Gasteiger partial charge in [-0.15, -0.1) is 0 Å². The van der Waals surface area contributed by atoms with Crippen LogP contribution in [0, 0.1) is 11.8 Å². The summed E-state index contributed by atoms with van der Waals surface area (Å²) in [5.74, 6) is 0.814. The van der Waals surface area contributed by atoms with Gasteiger partial charge in [0.25, 0.3) is 0 Å². The lowest BCUT2D eigenvalue weighted by atomic mass is 9.83.